The van der Waals surface area contributed by atoms with Crippen LogP contribution < -0.4 is 0 Å². The smallest absolute Gasteiger partial charge is 0.310 e. The molecular formula is C12H16N2O2. The topological polar surface area (TPSA) is 53.4 Å². The first kappa shape index (κ1) is 11.1. The lowest BCUT2D eigenvalue weighted by Crippen LogP contribution is -2.31. The minimum Gasteiger partial charge on any atom is -0.481 e. The summed E-state index contributed by atoms with van der Waals surface area (Å²) in [5.41, 5.74) is 0.409. The molecule has 2 heterocycles. The zero-order valence-electron chi connectivity index (χ0n) is 9.39. The van der Waals surface area contributed by atoms with Gasteiger partial charge in [-0.3, -0.25) is 14.7 Å². The highest BCUT2D eigenvalue weighted by Gasteiger charge is 2.40. The molecule has 1 N–H and O–H groups in total. The highest BCUT2D eigenvalue weighted by Crippen LogP contribution is 2.30. The van der Waals surface area contributed by atoms with Gasteiger partial charge in [0.2, 0.25) is 0 Å². The van der Waals surface area contributed by atoms with Crippen molar-refractivity contribution in [2.75, 3.05) is 13.1 Å². The van der Waals surface area contributed by atoms with Crippen LogP contribution in [0.4, 0.5) is 0 Å². The normalized spacial score (nSPS) is 25.8. The van der Waals surface area contributed by atoms with E-state index in [4.69, 9.17) is 5.11 Å². The Bertz CT molecular complexity index is 380. The number of aromatic nitrogens is 1. The Morgan fingerprint density at radius 1 is 1.62 bits per heavy atom. The lowest BCUT2D eigenvalue weighted by atomic mass is 9.90. The summed E-state index contributed by atoms with van der Waals surface area (Å²) in [6.07, 6.45) is 2.48. The zero-order chi connectivity index (χ0) is 11.6. The van der Waals surface area contributed by atoms with E-state index < -0.39 is 11.4 Å². The molecule has 0 amide bonds. The van der Waals surface area contributed by atoms with Crippen molar-refractivity contribution < 1.29 is 9.90 Å². The average molecular weight is 220 g/mol. The molecule has 1 saturated heterocycles. The molecule has 86 valence electrons. The number of nitrogens with zero attached hydrogens (tertiary/aromatic N) is 2. The standard InChI is InChI=1S/C12H16N2O2/c1-12(11(15)16)5-7-14(9-12)8-10-4-2-3-6-13-10/h2-4,6H,5,7-9H2,1H3,(H,15,16). The lowest BCUT2D eigenvalue weighted by molar-refractivity contribution is -0.147. The molecule has 0 bridgehead atoms. The third-order valence-electron chi connectivity index (χ3n) is 3.18. The van der Waals surface area contributed by atoms with Crippen LogP contribution in [0.1, 0.15) is 19.0 Å². The maximum atomic E-state index is 11.1. The molecule has 4 nitrogen and oxygen atoms in total. The van der Waals surface area contributed by atoms with Crippen molar-refractivity contribution in [3.05, 3.63) is 30.1 Å². The van der Waals surface area contributed by atoms with E-state index in [2.05, 4.69) is 9.88 Å². The summed E-state index contributed by atoms with van der Waals surface area (Å²) < 4.78 is 0. The number of aliphatic carboxylic acids is 1. The summed E-state index contributed by atoms with van der Waals surface area (Å²) in [5, 5.41) is 9.11. The van der Waals surface area contributed by atoms with Gasteiger partial charge in [-0.2, -0.15) is 0 Å². The Hall–Kier alpha value is -1.42. The van der Waals surface area contributed by atoms with Crippen LogP contribution in [0, 0.1) is 5.41 Å². The van der Waals surface area contributed by atoms with Crippen LogP contribution in [0.3, 0.4) is 0 Å². The van der Waals surface area contributed by atoms with Gasteiger partial charge < -0.3 is 5.11 Å². The Morgan fingerprint density at radius 2 is 2.44 bits per heavy atom. The second-order valence-electron chi connectivity index (χ2n) is 4.65. The van der Waals surface area contributed by atoms with Gasteiger partial charge in [-0.05, 0) is 32.0 Å². The van der Waals surface area contributed by atoms with E-state index in [0.717, 1.165) is 25.2 Å². The van der Waals surface area contributed by atoms with Gasteiger partial charge in [0.15, 0.2) is 0 Å². The van der Waals surface area contributed by atoms with Crippen LogP contribution in [0.2, 0.25) is 0 Å². The van der Waals surface area contributed by atoms with Crippen molar-refractivity contribution >= 4 is 5.97 Å². The number of hydrogen-bond donors (Lipinski definition) is 1. The van der Waals surface area contributed by atoms with Gasteiger partial charge in [0.05, 0.1) is 11.1 Å². The number of likely N-dealkylation sites (tertiary alicyclic amines) is 1. The molecule has 1 fully saturated rings. The van der Waals surface area contributed by atoms with Gasteiger partial charge in [0.25, 0.3) is 0 Å². The fourth-order valence-corrected chi connectivity index (χ4v) is 2.09. The molecule has 1 unspecified atom stereocenters. The van der Waals surface area contributed by atoms with Gasteiger partial charge in [0, 0.05) is 19.3 Å². The SMILES string of the molecule is CC1(C(=O)O)CCN(Cc2ccccn2)C1. The number of pyridine rings is 1. The Labute approximate surface area is 94.9 Å². The number of hydrogen-bond acceptors (Lipinski definition) is 3. The fraction of sp³-hybridized carbons (Fsp3) is 0.500. The number of carbonyl (C=O) groups is 1. The molecule has 0 saturated carbocycles. The first-order valence-electron chi connectivity index (χ1n) is 5.46. The van der Waals surface area contributed by atoms with Gasteiger partial charge in [-0.25, -0.2) is 0 Å². The van der Waals surface area contributed by atoms with Gasteiger partial charge in [0.1, 0.15) is 0 Å². The van der Waals surface area contributed by atoms with Crippen LogP contribution >= 0.6 is 0 Å². The van der Waals surface area contributed by atoms with Crippen LogP contribution in [-0.4, -0.2) is 34.0 Å². The molecule has 1 aliphatic heterocycles. The largest absolute Gasteiger partial charge is 0.481 e. The minimum atomic E-state index is -0.698. The van der Waals surface area contributed by atoms with Crippen molar-refractivity contribution in [2.24, 2.45) is 5.41 Å². The second-order valence-corrected chi connectivity index (χ2v) is 4.65. The van der Waals surface area contributed by atoms with Crippen LogP contribution in [-0.2, 0) is 11.3 Å². The Kier molecular flexibility index (Phi) is 2.92. The molecule has 16 heavy (non-hydrogen) atoms. The molecule has 0 aliphatic carbocycles. The molecule has 0 spiro atoms. The Morgan fingerprint density at radius 3 is 3.00 bits per heavy atom. The van der Waals surface area contributed by atoms with E-state index in [-0.39, 0.29) is 0 Å². The van der Waals surface area contributed by atoms with Crippen LogP contribution in [0.25, 0.3) is 0 Å². The van der Waals surface area contributed by atoms with E-state index in [1.165, 1.54) is 0 Å². The van der Waals surface area contributed by atoms with Gasteiger partial charge in [-0.1, -0.05) is 6.07 Å². The molecule has 1 atom stereocenters. The average Bonchev–Trinajstić information content (AvgIpc) is 2.63. The van der Waals surface area contributed by atoms with E-state index in [9.17, 15) is 4.79 Å². The summed E-state index contributed by atoms with van der Waals surface area (Å²) in [7, 11) is 0. The van der Waals surface area contributed by atoms with Crippen molar-refractivity contribution in [3.63, 3.8) is 0 Å². The van der Waals surface area contributed by atoms with E-state index in [1.807, 2.05) is 25.1 Å². The van der Waals surface area contributed by atoms with E-state index >= 15 is 0 Å². The maximum Gasteiger partial charge on any atom is 0.310 e. The highest BCUT2D eigenvalue weighted by molar-refractivity contribution is 5.74. The molecule has 0 aromatic carbocycles. The summed E-state index contributed by atoms with van der Waals surface area (Å²) in [4.78, 5) is 17.5. The summed E-state index contributed by atoms with van der Waals surface area (Å²) in [6.45, 7) is 4.00. The second kappa shape index (κ2) is 4.22. The molecule has 0 radical (unpaired) electrons. The predicted molar refractivity (Wildman–Crippen MR) is 59.9 cm³/mol. The van der Waals surface area contributed by atoms with Crippen LogP contribution in [0.5, 0.6) is 0 Å². The quantitative estimate of drug-likeness (QED) is 0.836. The minimum absolute atomic E-state index is 0.589. The van der Waals surface area contributed by atoms with Crippen molar-refractivity contribution in [1.29, 1.82) is 0 Å². The van der Waals surface area contributed by atoms with Crippen molar-refractivity contribution in [2.45, 2.75) is 19.9 Å². The lowest BCUT2D eigenvalue weighted by Gasteiger charge is -2.19. The highest BCUT2D eigenvalue weighted by atomic mass is 16.4. The molecular weight excluding hydrogens is 204 g/mol. The molecule has 2 rings (SSSR count). The number of carboxylic acids is 1. The van der Waals surface area contributed by atoms with Crippen LogP contribution in [0.15, 0.2) is 24.4 Å². The number of carboxylic acid groups (broad SMARTS) is 1. The fourth-order valence-electron chi connectivity index (χ4n) is 2.09. The van der Waals surface area contributed by atoms with Gasteiger partial charge in [-0.15, -0.1) is 0 Å². The third kappa shape index (κ3) is 2.22. The monoisotopic (exact) mass is 220 g/mol. The van der Waals surface area contributed by atoms with Crippen molar-refractivity contribution in [1.82, 2.24) is 9.88 Å². The number of rotatable bonds is 3. The first-order chi connectivity index (χ1) is 7.60. The predicted octanol–water partition coefficient (Wildman–Crippen LogP) is 1.38. The first-order valence-corrected chi connectivity index (χ1v) is 5.46. The summed E-state index contributed by atoms with van der Waals surface area (Å²) >= 11 is 0. The molecule has 1 aliphatic rings. The van der Waals surface area contributed by atoms with Gasteiger partial charge >= 0.3 is 5.97 Å². The molecule has 1 aromatic heterocycles. The van der Waals surface area contributed by atoms with E-state index in [0.29, 0.717) is 6.54 Å². The maximum absolute atomic E-state index is 11.1. The summed E-state index contributed by atoms with van der Waals surface area (Å²) in [6, 6.07) is 5.81. The molecule has 1 aromatic rings. The molecule has 4 heteroatoms. The van der Waals surface area contributed by atoms with Crippen molar-refractivity contribution in [3.8, 4) is 0 Å². The third-order valence-corrected chi connectivity index (χ3v) is 3.18. The summed E-state index contributed by atoms with van der Waals surface area (Å²) in [5.74, 6) is -0.698. The van der Waals surface area contributed by atoms with E-state index in [1.54, 1.807) is 6.20 Å². The Balaban J connectivity index is 1.98. The zero-order valence-corrected chi connectivity index (χ0v) is 9.39.